The van der Waals surface area contributed by atoms with Gasteiger partial charge in [0, 0.05) is 199 Å². The number of anilines is 1. The Labute approximate surface area is 778 Å². The van der Waals surface area contributed by atoms with E-state index < -0.39 is 82.8 Å². The first kappa shape index (κ1) is 98.2. The molecular formula is C101H85F13N16O5S. The first-order valence-electron chi connectivity index (χ1n) is 42.1. The molecule has 0 aliphatic heterocycles. The third-order valence-corrected chi connectivity index (χ3v) is 20.7. The van der Waals surface area contributed by atoms with Gasteiger partial charge in [-0.1, -0.05) is 133 Å². The zero-order valence-electron chi connectivity index (χ0n) is 73.3. The lowest BCUT2D eigenvalue weighted by Crippen LogP contribution is -2.13. The van der Waals surface area contributed by atoms with Crippen molar-refractivity contribution in [2.45, 2.75) is 81.2 Å². The van der Waals surface area contributed by atoms with E-state index in [2.05, 4.69) is 67.0 Å². The molecule has 4 aromatic carbocycles. The van der Waals surface area contributed by atoms with Gasteiger partial charge in [-0.05, 0) is 136 Å². The number of benzene rings is 4. The number of rotatable bonds is 31. The topological polar surface area (TPSA) is 243 Å². The summed E-state index contributed by atoms with van der Waals surface area (Å²) >= 11 is 1.49. The first-order valence-corrected chi connectivity index (χ1v) is 43.3. The number of pyridine rings is 9. The van der Waals surface area contributed by atoms with E-state index in [1.54, 1.807) is 73.3 Å². The number of ether oxygens (including phenoxy) is 5. The van der Waals surface area contributed by atoms with Gasteiger partial charge in [0.15, 0.2) is 5.16 Å². The second-order valence-electron chi connectivity index (χ2n) is 30.2. The van der Waals surface area contributed by atoms with E-state index in [0.717, 1.165) is 123 Å². The van der Waals surface area contributed by atoms with Crippen LogP contribution in [0.25, 0.3) is 89.5 Å². The van der Waals surface area contributed by atoms with Crippen LogP contribution < -0.4 is 28.6 Å². The van der Waals surface area contributed by atoms with Gasteiger partial charge in [0.2, 0.25) is 35.4 Å². The van der Waals surface area contributed by atoms with Gasteiger partial charge in [-0.25, -0.2) is 54.8 Å². The summed E-state index contributed by atoms with van der Waals surface area (Å²) in [5, 5.41) is 0.723. The van der Waals surface area contributed by atoms with Gasteiger partial charge in [0.05, 0.1) is 82.0 Å². The molecule has 0 aliphatic carbocycles. The molecule has 0 saturated carbocycles. The summed E-state index contributed by atoms with van der Waals surface area (Å²) in [6.45, 7) is -1.88. The molecule has 0 N–H and O–H groups in total. The summed E-state index contributed by atoms with van der Waals surface area (Å²) in [5.74, 6) is 0.668. The molecule has 136 heavy (non-hydrogen) atoms. The van der Waals surface area contributed by atoms with Crippen LogP contribution >= 0.6 is 11.8 Å². The number of aromatic nitrogens is 15. The van der Waals surface area contributed by atoms with Crippen molar-refractivity contribution in [3.63, 3.8) is 0 Å². The van der Waals surface area contributed by atoms with Gasteiger partial charge in [-0.2, -0.15) is 57.1 Å². The second-order valence-corrected chi connectivity index (χ2v) is 31.0. The van der Waals surface area contributed by atoms with Crippen molar-refractivity contribution in [1.29, 1.82) is 0 Å². The van der Waals surface area contributed by atoms with E-state index in [9.17, 15) is 57.1 Å². The molecule has 0 bridgehead atoms. The smallest absolute Gasteiger partial charge is 0.392 e. The molecule has 0 radical (unpaired) electrons. The Morgan fingerprint density at radius 1 is 0.279 bits per heavy atom. The maximum absolute atomic E-state index is 13.2. The third-order valence-electron chi connectivity index (χ3n) is 20.1. The van der Waals surface area contributed by atoms with Gasteiger partial charge in [-0.3, -0.25) is 19.9 Å². The second kappa shape index (κ2) is 46.9. The van der Waals surface area contributed by atoms with Crippen molar-refractivity contribution < 1.29 is 80.8 Å². The molecule has 16 aromatic rings. The third kappa shape index (κ3) is 30.4. The SMILES string of the molecule is CN(C)c1ncc(-c2ccccc2Cc2cccc(-c3ccc(OCCC(F)(F)F)nc3)n2)cn1.COc1ncc(-c2ccccc2Cc2cccc(-c3ccc(OCCC(F)(F)F)nc3)n2)cn1.CSc1ncc(-c2ccccc2Cc2cccc(-c3ccc(OCCC(F)(F)F)nc3)n2)cn1.Fc1ccc(-c2ccccc2Cc2cccc(-c3ccc(OCCC(F)(F)F)nc3)n2)cn1. The Bertz CT molecular complexity index is 6310. The number of nitrogens with zero attached hydrogens (tertiary/aromatic N) is 16. The summed E-state index contributed by atoms with van der Waals surface area (Å²) in [4.78, 5) is 67.0. The fourth-order valence-electron chi connectivity index (χ4n) is 13.5. The van der Waals surface area contributed by atoms with Crippen LogP contribution in [0.4, 0.5) is 63.0 Å². The summed E-state index contributed by atoms with van der Waals surface area (Å²) in [5.41, 5.74) is 21.0. The molecule has 0 fully saturated rings. The van der Waals surface area contributed by atoms with Crippen LogP contribution in [0.5, 0.6) is 29.5 Å². The van der Waals surface area contributed by atoms with Crippen LogP contribution in [0.3, 0.4) is 0 Å². The zero-order chi connectivity index (χ0) is 96.0. The van der Waals surface area contributed by atoms with Gasteiger partial charge >= 0.3 is 30.7 Å². The van der Waals surface area contributed by atoms with Crippen molar-refractivity contribution in [2.24, 2.45) is 0 Å². The minimum atomic E-state index is -4.27. The maximum Gasteiger partial charge on any atom is 0.392 e. The van der Waals surface area contributed by atoms with E-state index in [1.807, 2.05) is 208 Å². The molecule has 16 rings (SSSR count). The molecule has 0 amide bonds. The Morgan fingerprint density at radius 2 is 0.544 bits per heavy atom. The van der Waals surface area contributed by atoms with E-state index in [-0.39, 0.29) is 23.5 Å². The lowest BCUT2D eigenvalue weighted by Gasteiger charge is -2.12. The Morgan fingerprint density at radius 3 is 0.801 bits per heavy atom. The molecule has 0 aliphatic rings. The first-order chi connectivity index (χ1) is 65.5. The van der Waals surface area contributed by atoms with Crippen molar-refractivity contribution >= 4 is 17.7 Å². The fourth-order valence-corrected chi connectivity index (χ4v) is 13.8. The van der Waals surface area contributed by atoms with Gasteiger partial charge in [0.25, 0.3) is 0 Å². The average molecular weight is 1880 g/mol. The number of methoxy groups -OCH3 is 1. The van der Waals surface area contributed by atoms with E-state index in [1.165, 1.54) is 49.6 Å². The van der Waals surface area contributed by atoms with E-state index in [0.29, 0.717) is 54.7 Å². The van der Waals surface area contributed by atoms with Crippen molar-refractivity contribution in [1.82, 2.24) is 74.8 Å². The maximum atomic E-state index is 13.2. The number of halogens is 13. The molecule has 0 atom stereocenters. The van der Waals surface area contributed by atoms with Crippen LogP contribution in [-0.4, -0.2) is 153 Å². The van der Waals surface area contributed by atoms with Gasteiger partial charge in [-0.15, -0.1) is 0 Å². The lowest BCUT2D eigenvalue weighted by molar-refractivity contribution is -0.140. The summed E-state index contributed by atoms with van der Waals surface area (Å²) in [7, 11) is 5.31. The quantitative estimate of drug-likeness (QED) is 0.0170. The molecule has 12 heterocycles. The van der Waals surface area contributed by atoms with Crippen molar-refractivity contribution in [3.8, 4) is 119 Å². The predicted octanol–water partition coefficient (Wildman–Crippen LogP) is 23.6. The van der Waals surface area contributed by atoms with Crippen LogP contribution in [-0.2, 0) is 25.7 Å². The molecule has 35 heteroatoms. The van der Waals surface area contributed by atoms with Gasteiger partial charge in [0.1, 0.15) is 0 Å². The number of hydrogen-bond donors (Lipinski definition) is 0. The Hall–Kier alpha value is -15.3. The molecule has 0 saturated heterocycles. The standard InChI is InChI=1S/C26H24F3N5O.C25H19F4N3O.C25H21F3N4O2.C25H21F3N4OS/c1-34(2)25-31-16-20(17-32-25)22-8-4-3-6-18(22)14-21-7-5-9-23(33-21)19-10-11-24(30-15-19)35-13-12-26(27,28)29;26-23-10-8-18(15-30-23)21-6-2-1-4-17(21)14-20-5-3-7-22(32-20)19-9-11-24(31-16-19)33-13-12-25(27,28)29;1-33-24-30-15-19(16-31-24)21-7-3-2-5-17(21)13-20-6-4-8-22(32-20)18-9-10-23(29-14-18)34-12-11-25(26,27)28;1-34-24-30-15-19(16-31-24)21-7-3-2-5-17(21)13-20-6-4-8-22(32-20)18-9-10-23(29-14-18)33-12-11-25(26,27)28/h3-11,15-17H,12-14H2,1-2H3;1-11,15-16H,12-14H2;2*2-10,14-16H,11-13H2,1H3. The highest BCUT2D eigenvalue weighted by Gasteiger charge is 2.30. The molecule has 0 unspecified atom stereocenters. The minimum Gasteiger partial charge on any atom is -0.477 e. The van der Waals surface area contributed by atoms with Crippen LogP contribution in [0.15, 0.2) is 304 Å². The largest absolute Gasteiger partial charge is 0.477 e. The molecule has 12 aromatic heterocycles. The number of thioether (sulfide) groups is 1. The number of hydrogen-bond acceptors (Lipinski definition) is 22. The molecule has 0 spiro atoms. The highest BCUT2D eigenvalue weighted by molar-refractivity contribution is 7.98. The fraction of sp³-hybridized carbons (Fsp3) is 0.198. The normalized spacial score (nSPS) is 11.4. The van der Waals surface area contributed by atoms with Crippen LogP contribution in [0.2, 0.25) is 0 Å². The van der Waals surface area contributed by atoms with Crippen LogP contribution in [0, 0.1) is 5.95 Å². The average Bonchev–Trinajstić information content (AvgIpc) is 0.824. The summed E-state index contributed by atoms with van der Waals surface area (Å²) < 4.78 is 186. The minimum absolute atomic E-state index is 0.126. The van der Waals surface area contributed by atoms with Crippen LogP contribution in [0.1, 0.15) is 70.7 Å². The Kier molecular flexibility index (Phi) is 33.9. The molecule has 21 nitrogen and oxygen atoms in total. The molecular weight excluding hydrogens is 1800 g/mol. The summed E-state index contributed by atoms with van der Waals surface area (Å²) in [6, 6.07) is 71.1. The van der Waals surface area contributed by atoms with E-state index >= 15 is 0 Å². The predicted molar refractivity (Wildman–Crippen MR) is 490 cm³/mol. The monoisotopic (exact) mass is 1880 g/mol. The van der Waals surface area contributed by atoms with Gasteiger partial charge < -0.3 is 28.6 Å². The summed E-state index contributed by atoms with van der Waals surface area (Å²) in [6.07, 6.45) is 1.53. The van der Waals surface area contributed by atoms with E-state index in [4.69, 9.17) is 43.6 Å². The lowest BCUT2D eigenvalue weighted by atomic mass is 9.97. The zero-order valence-corrected chi connectivity index (χ0v) is 74.1. The highest BCUT2D eigenvalue weighted by atomic mass is 32.2. The van der Waals surface area contributed by atoms with Crippen molar-refractivity contribution in [2.75, 3.05) is 58.8 Å². The highest BCUT2D eigenvalue weighted by Crippen LogP contribution is 2.35. The number of alkyl halides is 12. The molecule has 696 valence electrons. The van der Waals surface area contributed by atoms with Crippen molar-refractivity contribution in [3.05, 3.63) is 350 Å². The Balaban J connectivity index is 0.000000153.